The van der Waals surface area contributed by atoms with Crippen LogP contribution in [0, 0.1) is 6.92 Å². The van der Waals surface area contributed by atoms with Crippen molar-refractivity contribution >= 4 is 27.4 Å². The zero-order valence-corrected chi connectivity index (χ0v) is 18.2. The number of nitrogens with one attached hydrogen (secondary N) is 2. The van der Waals surface area contributed by atoms with E-state index >= 15 is 0 Å². The van der Waals surface area contributed by atoms with Gasteiger partial charge in [-0.15, -0.1) is 0 Å². The van der Waals surface area contributed by atoms with Crippen molar-refractivity contribution in [1.29, 1.82) is 0 Å². The number of rotatable bonds is 6. The van der Waals surface area contributed by atoms with E-state index in [0.29, 0.717) is 18.9 Å². The summed E-state index contributed by atoms with van der Waals surface area (Å²) < 4.78 is 26.9. The van der Waals surface area contributed by atoms with E-state index in [0.717, 1.165) is 28.7 Å². The van der Waals surface area contributed by atoms with Gasteiger partial charge in [-0.25, -0.2) is 12.7 Å². The van der Waals surface area contributed by atoms with Gasteiger partial charge in [-0.05, 0) is 36.9 Å². The summed E-state index contributed by atoms with van der Waals surface area (Å²) in [5, 5.41) is 10.5. The third-order valence-electron chi connectivity index (χ3n) is 5.01. The van der Waals surface area contributed by atoms with E-state index in [1.54, 1.807) is 25.2 Å². The summed E-state index contributed by atoms with van der Waals surface area (Å²) in [4.78, 5) is 8.85. The third-order valence-corrected chi connectivity index (χ3v) is 6.94. The van der Waals surface area contributed by atoms with Crippen LogP contribution in [0.5, 0.6) is 0 Å². The van der Waals surface area contributed by atoms with Crippen LogP contribution in [0.25, 0.3) is 0 Å². The predicted molar refractivity (Wildman–Crippen MR) is 118 cm³/mol. The molecule has 0 bridgehead atoms. The summed E-state index contributed by atoms with van der Waals surface area (Å²) in [6.07, 6.45) is 3.90. The zero-order valence-electron chi connectivity index (χ0n) is 17.4. The lowest BCUT2D eigenvalue weighted by Crippen LogP contribution is -2.45. The average molecular weight is 428 g/mol. The molecule has 2 aromatic rings. The molecule has 0 unspecified atom stereocenters. The lowest BCUT2D eigenvalue weighted by molar-refractivity contribution is 0.486. The maximum atomic E-state index is 12.8. The summed E-state index contributed by atoms with van der Waals surface area (Å²) in [6.45, 7) is 6.62. The van der Waals surface area contributed by atoms with Gasteiger partial charge >= 0.3 is 0 Å². The highest BCUT2D eigenvalue weighted by atomic mass is 32.2. The number of aromatic amines is 1. The fraction of sp³-hybridized carbons (Fsp3) is 0.300. The molecule has 1 radical (unpaired) electrons. The lowest BCUT2D eigenvalue weighted by Gasteiger charge is -2.26. The van der Waals surface area contributed by atoms with Gasteiger partial charge in [-0.3, -0.25) is 10.4 Å². The number of fused-ring (bicyclic) bond motifs is 1. The molecule has 2 aliphatic heterocycles. The van der Waals surface area contributed by atoms with Gasteiger partial charge in [-0.1, -0.05) is 13.0 Å². The van der Waals surface area contributed by atoms with Gasteiger partial charge in [0.05, 0.1) is 11.1 Å². The molecule has 10 heteroatoms. The first-order chi connectivity index (χ1) is 14.3. The summed E-state index contributed by atoms with van der Waals surface area (Å²) >= 11 is 0. The molecular formula is C20H25N7O2S+. The summed E-state index contributed by atoms with van der Waals surface area (Å²) in [7, 11) is -1.95. The van der Waals surface area contributed by atoms with Gasteiger partial charge < -0.3 is 4.90 Å². The second kappa shape index (κ2) is 7.71. The van der Waals surface area contributed by atoms with Crippen LogP contribution in [0.15, 0.2) is 64.1 Å². The van der Waals surface area contributed by atoms with Gasteiger partial charge in [0.2, 0.25) is 10.0 Å². The monoisotopic (exact) mass is 427 g/mol. The van der Waals surface area contributed by atoms with Crippen LogP contribution >= 0.6 is 0 Å². The van der Waals surface area contributed by atoms with Crippen molar-refractivity contribution in [1.82, 2.24) is 19.4 Å². The van der Waals surface area contributed by atoms with Gasteiger partial charge in [0.1, 0.15) is 12.2 Å². The van der Waals surface area contributed by atoms with Crippen molar-refractivity contribution in [2.24, 2.45) is 4.99 Å². The highest BCUT2D eigenvalue weighted by molar-refractivity contribution is 7.89. The topological polar surface area (TPSA) is 99.6 Å². The largest absolute Gasteiger partial charge is 0.329 e. The van der Waals surface area contributed by atoms with Gasteiger partial charge in [-0.2, -0.15) is 10.1 Å². The Morgan fingerprint density at radius 2 is 2.10 bits per heavy atom. The number of aromatic nitrogens is 2. The number of hydrogen-bond acceptors (Lipinski definition) is 7. The van der Waals surface area contributed by atoms with Gasteiger partial charge in [0, 0.05) is 31.0 Å². The number of anilines is 2. The number of amidine groups is 1. The van der Waals surface area contributed by atoms with Crippen LogP contribution in [-0.4, -0.2) is 48.9 Å². The normalized spacial score (nSPS) is 17.0. The minimum Gasteiger partial charge on any atom is -0.329 e. The standard InChI is InChI=1S/C20H25N7O2S/c1-5-25(4)30(28,29)17-8-6-7-16(10-17)26-12-19-21-15(3)11-27(19)20(13-26)22-18-9-14(2)23-24-18/h6-11,13H,5,12H2,1-4H3,(H2,22,23,24)/q+1. The van der Waals surface area contributed by atoms with Crippen LogP contribution in [-0.2, 0) is 10.0 Å². The van der Waals surface area contributed by atoms with E-state index in [-0.39, 0.29) is 4.90 Å². The number of hydrogen-bond donors (Lipinski definition) is 2. The molecule has 0 atom stereocenters. The van der Waals surface area contributed by atoms with Crippen molar-refractivity contribution in [2.75, 3.05) is 30.4 Å². The molecule has 0 aliphatic carbocycles. The van der Waals surface area contributed by atoms with E-state index in [1.807, 2.05) is 55.1 Å². The van der Waals surface area contributed by atoms with Crippen molar-refractivity contribution in [3.05, 3.63) is 59.9 Å². The number of nitrogens with zero attached hydrogens (tertiary/aromatic N) is 5. The fourth-order valence-corrected chi connectivity index (χ4v) is 4.54. The van der Waals surface area contributed by atoms with Crippen LogP contribution < -0.4 is 15.1 Å². The number of H-pyrrole nitrogens is 1. The second-order valence-electron chi connectivity index (χ2n) is 7.29. The first-order valence-corrected chi connectivity index (χ1v) is 11.1. The molecule has 0 fully saturated rings. The quantitative estimate of drug-likeness (QED) is 0.690. The molecule has 9 nitrogen and oxygen atoms in total. The zero-order chi connectivity index (χ0) is 21.5. The third kappa shape index (κ3) is 3.76. The van der Waals surface area contributed by atoms with E-state index in [9.17, 15) is 8.42 Å². The van der Waals surface area contributed by atoms with Crippen molar-refractivity contribution in [3.8, 4) is 0 Å². The van der Waals surface area contributed by atoms with Crippen LogP contribution in [0.3, 0.4) is 0 Å². The highest BCUT2D eigenvalue weighted by Crippen LogP contribution is 2.27. The molecule has 0 spiro atoms. The van der Waals surface area contributed by atoms with Gasteiger partial charge in [0.25, 0.3) is 11.7 Å². The van der Waals surface area contributed by atoms with Gasteiger partial charge in [0.15, 0.2) is 12.0 Å². The first-order valence-electron chi connectivity index (χ1n) is 9.67. The Bertz CT molecular complexity index is 1160. The number of aliphatic imine (C=N–C) groups is 1. The molecule has 3 heterocycles. The molecule has 0 saturated carbocycles. The molecule has 1 aromatic carbocycles. The Labute approximate surface area is 176 Å². The summed E-state index contributed by atoms with van der Waals surface area (Å²) in [6, 6.07) is 8.88. The number of aryl methyl sites for hydroxylation is 1. The summed E-state index contributed by atoms with van der Waals surface area (Å²) in [5.41, 5.74) is 2.62. The van der Waals surface area contributed by atoms with Crippen LogP contribution in [0.2, 0.25) is 0 Å². The Morgan fingerprint density at radius 3 is 2.80 bits per heavy atom. The predicted octanol–water partition coefficient (Wildman–Crippen LogP) is 2.50. The molecule has 2 aliphatic rings. The van der Waals surface area contributed by atoms with Crippen molar-refractivity contribution in [3.63, 3.8) is 0 Å². The molecule has 0 amide bonds. The molecule has 4 rings (SSSR count). The number of allylic oxidation sites excluding steroid dienone is 1. The number of sulfonamides is 1. The van der Waals surface area contributed by atoms with E-state index < -0.39 is 10.0 Å². The first kappa shape index (κ1) is 20.3. The lowest BCUT2D eigenvalue weighted by atomic mass is 10.2. The molecule has 0 saturated heterocycles. The molecule has 1 aromatic heterocycles. The molecule has 157 valence electrons. The Morgan fingerprint density at radius 1 is 1.30 bits per heavy atom. The maximum Gasteiger partial charge on any atom is 0.284 e. The Kier molecular flexibility index (Phi) is 5.22. The minimum absolute atomic E-state index is 0.264. The summed E-state index contributed by atoms with van der Waals surface area (Å²) in [5.74, 6) is 2.32. The Hall–Kier alpha value is -2.95. The molecule has 30 heavy (non-hydrogen) atoms. The molecule has 2 N–H and O–H groups in total. The second-order valence-corrected chi connectivity index (χ2v) is 9.33. The molecular weight excluding hydrogens is 402 g/mol. The van der Waals surface area contributed by atoms with E-state index in [1.165, 1.54) is 4.31 Å². The number of benzene rings is 1. The van der Waals surface area contributed by atoms with Crippen molar-refractivity contribution < 1.29 is 8.42 Å². The van der Waals surface area contributed by atoms with Crippen LogP contribution in [0.1, 0.15) is 19.5 Å². The average Bonchev–Trinajstić information content (AvgIpc) is 3.31. The SMILES string of the molecule is CCN(C)S(=O)(=O)c1cccc(N2C=C(Nc3cc(C)[nH]n3)[N+]3C=C(C)N=C3C2)c1. The fourth-order valence-electron chi connectivity index (χ4n) is 3.32. The van der Waals surface area contributed by atoms with Crippen LogP contribution in [0.4, 0.5) is 11.5 Å². The maximum absolute atomic E-state index is 12.8. The minimum atomic E-state index is -3.53. The smallest absolute Gasteiger partial charge is 0.284 e. The van der Waals surface area contributed by atoms with E-state index in [4.69, 9.17) is 0 Å². The van der Waals surface area contributed by atoms with Crippen molar-refractivity contribution in [2.45, 2.75) is 25.7 Å². The highest BCUT2D eigenvalue weighted by Gasteiger charge is 2.39. The van der Waals surface area contributed by atoms with E-state index in [2.05, 4.69) is 20.5 Å². The Balaban J connectivity index is 1.70.